The number of aryl methyl sites for hydroxylation is 2. The molecule has 140 valence electrons. The van der Waals surface area contributed by atoms with Crippen LogP contribution < -0.4 is 16.7 Å². The second-order valence-electron chi connectivity index (χ2n) is 5.35. The summed E-state index contributed by atoms with van der Waals surface area (Å²) in [6.45, 7) is 2.26. The Morgan fingerprint density at radius 3 is 2.89 bits per heavy atom. The molecule has 2 N–H and O–H groups in total. The predicted octanol–water partition coefficient (Wildman–Crippen LogP) is 1.06. The first-order valence-corrected chi connectivity index (χ1v) is 7.82. The number of fused-ring (bicyclic) bond motifs is 1. The molecule has 0 aromatic carbocycles. The summed E-state index contributed by atoms with van der Waals surface area (Å²) in [6, 6.07) is 2.71. The lowest BCUT2D eigenvalue weighted by Gasteiger charge is -2.03. The van der Waals surface area contributed by atoms with Gasteiger partial charge in [0.15, 0.2) is 11.2 Å². The van der Waals surface area contributed by atoms with Crippen LogP contribution in [0.2, 0.25) is 0 Å². The molecule has 0 aliphatic carbocycles. The third kappa shape index (κ3) is 3.40. The Hall–Kier alpha value is -3.96. The summed E-state index contributed by atoms with van der Waals surface area (Å²) in [7, 11) is 1.51. The largest absolute Gasteiger partial charge is 0.433 e. The van der Waals surface area contributed by atoms with Gasteiger partial charge >= 0.3 is 11.6 Å². The van der Waals surface area contributed by atoms with Crippen molar-refractivity contribution in [1.82, 2.24) is 19.1 Å². The third-order valence-electron chi connectivity index (χ3n) is 3.70. The Kier molecular flexibility index (Phi) is 4.70. The van der Waals surface area contributed by atoms with Gasteiger partial charge in [-0.1, -0.05) is 0 Å². The lowest BCUT2D eigenvalue weighted by molar-refractivity contribution is -0.402. The molecule has 0 unspecified atom stereocenters. The van der Waals surface area contributed by atoms with E-state index < -0.39 is 16.2 Å². The van der Waals surface area contributed by atoms with E-state index >= 15 is 0 Å². The van der Waals surface area contributed by atoms with Gasteiger partial charge in [0.25, 0.3) is 5.56 Å². The maximum atomic E-state index is 12.1. The van der Waals surface area contributed by atoms with Crippen molar-refractivity contribution >= 4 is 35.3 Å². The number of hydrogen-bond donors (Lipinski definition) is 2. The number of aromatic nitrogens is 4. The minimum absolute atomic E-state index is 0.238. The quantitative estimate of drug-likeness (QED) is 0.372. The van der Waals surface area contributed by atoms with Crippen LogP contribution in [0.3, 0.4) is 0 Å². The van der Waals surface area contributed by atoms with Crippen molar-refractivity contribution < 1.29 is 9.34 Å². The standard InChI is InChI=1S/C15H15N7O5/c1-3-21-11-12(20(2)15(24)18-13(11)23)17-14(21)19-16-8-4-5-9-6-7-10(27-9)22(25)26/h4-8H,3H2,1-2H3,(H,17,19)(H,18,23,24)/b5-4+,16-8+. The van der Waals surface area contributed by atoms with Crippen LogP contribution in [0.1, 0.15) is 12.7 Å². The van der Waals surface area contributed by atoms with Crippen molar-refractivity contribution in [2.24, 2.45) is 12.1 Å². The number of furan rings is 1. The molecule has 0 saturated heterocycles. The highest BCUT2D eigenvalue weighted by Crippen LogP contribution is 2.16. The fourth-order valence-corrected chi connectivity index (χ4v) is 2.43. The van der Waals surface area contributed by atoms with Crippen LogP contribution in [0.5, 0.6) is 0 Å². The minimum atomic E-state index is -0.628. The van der Waals surface area contributed by atoms with Crippen LogP contribution >= 0.6 is 0 Å². The number of hydrazone groups is 1. The van der Waals surface area contributed by atoms with Crippen molar-refractivity contribution in [2.75, 3.05) is 5.43 Å². The molecule has 0 atom stereocenters. The first kappa shape index (κ1) is 17.8. The highest BCUT2D eigenvalue weighted by atomic mass is 16.6. The summed E-state index contributed by atoms with van der Waals surface area (Å²) in [4.78, 5) is 40.1. The van der Waals surface area contributed by atoms with Gasteiger partial charge in [0, 0.05) is 19.8 Å². The molecule has 3 aromatic heterocycles. The van der Waals surface area contributed by atoms with E-state index in [0.717, 1.165) is 0 Å². The average molecular weight is 373 g/mol. The van der Waals surface area contributed by atoms with Crippen molar-refractivity contribution in [3.8, 4) is 0 Å². The van der Waals surface area contributed by atoms with Crippen molar-refractivity contribution in [1.29, 1.82) is 0 Å². The molecule has 0 aliphatic rings. The number of anilines is 1. The molecule has 0 radical (unpaired) electrons. The molecule has 0 spiro atoms. The lowest BCUT2D eigenvalue weighted by Crippen LogP contribution is -2.29. The first-order valence-electron chi connectivity index (χ1n) is 7.82. The smallest absolute Gasteiger partial charge is 0.401 e. The summed E-state index contributed by atoms with van der Waals surface area (Å²) in [6.07, 6.45) is 4.39. The number of imidazole rings is 1. The van der Waals surface area contributed by atoms with Crippen LogP contribution in [-0.4, -0.2) is 30.2 Å². The predicted molar refractivity (Wildman–Crippen MR) is 97.8 cm³/mol. The van der Waals surface area contributed by atoms with Crippen molar-refractivity contribution in [2.45, 2.75) is 13.5 Å². The van der Waals surface area contributed by atoms with Crippen LogP contribution in [0.15, 0.2) is 37.3 Å². The summed E-state index contributed by atoms with van der Waals surface area (Å²) < 4.78 is 7.79. The van der Waals surface area contributed by atoms with Gasteiger partial charge in [0.1, 0.15) is 10.7 Å². The average Bonchev–Trinajstić information content (AvgIpc) is 3.24. The second kappa shape index (κ2) is 7.11. The van der Waals surface area contributed by atoms with Gasteiger partial charge in [-0.2, -0.15) is 10.1 Å². The highest BCUT2D eigenvalue weighted by Gasteiger charge is 2.15. The zero-order chi connectivity index (χ0) is 19.6. The molecule has 3 aromatic rings. The van der Waals surface area contributed by atoms with Crippen LogP contribution in [0, 0.1) is 10.1 Å². The van der Waals surface area contributed by atoms with E-state index in [0.29, 0.717) is 12.3 Å². The topological polar surface area (TPSA) is 153 Å². The van der Waals surface area contributed by atoms with Crippen LogP contribution in [-0.2, 0) is 13.6 Å². The molecule has 3 rings (SSSR count). The van der Waals surface area contributed by atoms with Gasteiger partial charge in [0.2, 0.25) is 5.95 Å². The van der Waals surface area contributed by atoms with Gasteiger partial charge < -0.3 is 8.98 Å². The van der Waals surface area contributed by atoms with Gasteiger partial charge in [-0.15, -0.1) is 0 Å². The third-order valence-corrected chi connectivity index (χ3v) is 3.70. The number of aromatic amines is 1. The number of nitrogens with one attached hydrogen (secondary N) is 2. The molecule has 0 bridgehead atoms. The molecule has 3 heterocycles. The van der Waals surface area contributed by atoms with Crippen molar-refractivity contribution in [3.63, 3.8) is 0 Å². The molecule has 0 amide bonds. The Morgan fingerprint density at radius 2 is 2.22 bits per heavy atom. The summed E-state index contributed by atoms with van der Waals surface area (Å²) in [5.74, 6) is 0.241. The Balaban J connectivity index is 1.81. The first-order chi connectivity index (χ1) is 12.9. The fourth-order valence-electron chi connectivity index (χ4n) is 2.43. The molecule has 0 aliphatic heterocycles. The zero-order valence-electron chi connectivity index (χ0n) is 14.4. The van der Waals surface area contributed by atoms with Gasteiger partial charge in [-0.05, 0) is 25.1 Å². The SMILES string of the molecule is CCn1c(N/N=C/C=C/c2ccc([N+](=O)[O-])o2)nc2c1c(=O)[nH]c(=O)n2C. The maximum absolute atomic E-state index is 12.1. The molecule has 0 saturated carbocycles. The van der Waals surface area contributed by atoms with Crippen LogP contribution in [0.25, 0.3) is 17.2 Å². The van der Waals surface area contributed by atoms with Gasteiger partial charge in [0.05, 0.1) is 6.07 Å². The number of hydrogen-bond acceptors (Lipinski definition) is 8. The lowest BCUT2D eigenvalue weighted by atomic mass is 10.4. The molecule has 12 nitrogen and oxygen atoms in total. The summed E-state index contributed by atoms with van der Waals surface area (Å²) >= 11 is 0. The van der Waals surface area contributed by atoms with E-state index in [1.807, 2.05) is 6.92 Å². The van der Waals surface area contributed by atoms with E-state index in [1.165, 1.54) is 42.1 Å². The normalized spacial score (nSPS) is 11.8. The molecular weight excluding hydrogens is 358 g/mol. The van der Waals surface area contributed by atoms with Gasteiger partial charge in [-0.3, -0.25) is 24.5 Å². The van der Waals surface area contributed by atoms with Crippen LogP contribution in [0.4, 0.5) is 11.8 Å². The minimum Gasteiger partial charge on any atom is -0.401 e. The van der Waals surface area contributed by atoms with E-state index in [2.05, 4.69) is 20.5 Å². The van der Waals surface area contributed by atoms with Gasteiger partial charge in [-0.25, -0.2) is 10.2 Å². The number of nitrogens with zero attached hydrogens (tertiary/aromatic N) is 5. The summed E-state index contributed by atoms with van der Waals surface area (Å²) in [5.41, 5.74) is 2.11. The van der Waals surface area contributed by atoms with E-state index in [9.17, 15) is 19.7 Å². The monoisotopic (exact) mass is 373 g/mol. The van der Waals surface area contributed by atoms with Crippen molar-refractivity contribution in [3.05, 3.63) is 54.9 Å². The highest BCUT2D eigenvalue weighted by molar-refractivity contribution is 5.78. The number of allylic oxidation sites excluding steroid dienone is 1. The summed E-state index contributed by atoms with van der Waals surface area (Å²) in [5, 5.41) is 14.5. The Bertz CT molecular complexity index is 1180. The number of nitro groups is 1. The molecule has 12 heteroatoms. The molecule has 0 fully saturated rings. The van der Waals surface area contributed by atoms with E-state index in [4.69, 9.17) is 4.42 Å². The zero-order valence-corrected chi connectivity index (χ0v) is 14.4. The molecule has 27 heavy (non-hydrogen) atoms. The van der Waals surface area contributed by atoms with E-state index in [-0.39, 0.29) is 23.0 Å². The number of rotatable bonds is 6. The second-order valence-corrected chi connectivity index (χ2v) is 5.35. The fraction of sp³-hybridized carbons (Fsp3) is 0.200. The molecular formula is C15H15N7O5. The maximum Gasteiger partial charge on any atom is 0.433 e. The Morgan fingerprint density at radius 1 is 1.44 bits per heavy atom. The van der Waals surface area contributed by atoms with E-state index in [1.54, 1.807) is 4.57 Å². The Labute approximate surface area is 150 Å². The number of H-pyrrole nitrogens is 1.